The zero-order chi connectivity index (χ0) is 24.6. The molecule has 1 amide bonds. The molecule has 2 aliphatic rings. The van der Waals surface area contributed by atoms with Gasteiger partial charge in [0.2, 0.25) is 10.0 Å². The van der Waals surface area contributed by atoms with Crippen molar-refractivity contribution >= 4 is 32.5 Å². The highest BCUT2D eigenvalue weighted by Crippen LogP contribution is 2.32. The molecule has 12 heteroatoms. The maximum Gasteiger partial charge on any atom is 0.256 e. The fourth-order valence-electron chi connectivity index (χ4n) is 4.06. The van der Waals surface area contributed by atoms with E-state index < -0.39 is 26.7 Å². The van der Waals surface area contributed by atoms with Crippen LogP contribution in [0.2, 0.25) is 0 Å². The number of carbonyl (C=O) groups is 1. The van der Waals surface area contributed by atoms with Crippen molar-refractivity contribution in [3.63, 3.8) is 0 Å². The maximum absolute atomic E-state index is 13.1. The molecular weight excluding hydrogens is 492 g/mol. The highest BCUT2D eigenvalue weighted by atomic mass is 32.2. The van der Waals surface area contributed by atoms with Gasteiger partial charge in [0.15, 0.2) is 0 Å². The number of methoxy groups -OCH3 is 1. The number of aromatic nitrogens is 2. The molecule has 1 aromatic heterocycles. The molecule has 184 valence electrons. The Kier molecular flexibility index (Phi) is 6.45. The number of ether oxygens (including phenoxy) is 2. The van der Waals surface area contributed by atoms with Crippen LogP contribution in [0.1, 0.15) is 21.6 Å². The predicted octanol–water partition coefficient (Wildman–Crippen LogP) is 1.92. The van der Waals surface area contributed by atoms with E-state index in [1.165, 1.54) is 28.6 Å². The van der Waals surface area contributed by atoms with Crippen molar-refractivity contribution in [3.8, 4) is 11.4 Å². The predicted molar refractivity (Wildman–Crippen MR) is 130 cm³/mol. The van der Waals surface area contributed by atoms with Crippen molar-refractivity contribution in [2.75, 3.05) is 38.7 Å². The van der Waals surface area contributed by atoms with Gasteiger partial charge in [0.1, 0.15) is 11.6 Å². The molecule has 3 heterocycles. The summed E-state index contributed by atoms with van der Waals surface area (Å²) in [6, 6.07) is 13.0. The van der Waals surface area contributed by atoms with Crippen LogP contribution in [0.3, 0.4) is 0 Å². The van der Waals surface area contributed by atoms with E-state index in [1.807, 2.05) is 12.1 Å². The molecule has 2 aliphatic heterocycles. The van der Waals surface area contributed by atoms with E-state index in [-0.39, 0.29) is 4.90 Å². The second kappa shape index (κ2) is 9.53. The van der Waals surface area contributed by atoms with Gasteiger partial charge < -0.3 is 14.8 Å². The van der Waals surface area contributed by atoms with Gasteiger partial charge in [0.25, 0.3) is 5.91 Å². The molecule has 5 rings (SSSR count). The van der Waals surface area contributed by atoms with Crippen LogP contribution >= 0.6 is 0 Å². The van der Waals surface area contributed by atoms with E-state index >= 15 is 0 Å². The van der Waals surface area contributed by atoms with Crippen LogP contribution in [0.4, 0.5) is 5.82 Å². The maximum atomic E-state index is 13.1. The molecule has 0 unspecified atom stereocenters. The standard InChI is InChI=1S/C23H24N4O6S2/c1-32-18-6-4-17(5-7-18)27-22(20-14-34(29)15-21(20)25-27)24-23(28)16-2-8-19(9-3-16)35(30,31)26-10-12-33-13-11-26/h2-9H,10-15H2,1H3,(H,24,28)/t34-/m1/s1. The van der Waals surface area contributed by atoms with Crippen LogP contribution in [-0.2, 0) is 37.1 Å². The molecule has 0 bridgehead atoms. The molecule has 10 nitrogen and oxygen atoms in total. The lowest BCUT2D eigenvalue weighted by atomic mass is 10.2. The van der Waals surface area contributed by atoms with Gasteiger partial charge in [-0.25, -0.2) is 13.1 Å². The van der Waals surface area contributed by atoms with Gasteiger partial charge in [-0.2, -0.15) is 9.40 Å². The number of hydrogen-bond acceptors (Lipinski definition) is 7. The fourth-order valence-corrected chi connectivity index (χ4v) is 6.73. The van der Waals surface area contributed by atoms with Crippen LogP contribution in [0.15, 0.2) is 53.4 Å². The molecule has 1 atom stereocenters. The van der Waals surface area contributed by atoms with Crippen molar-refractivity contribution in [1.29, 1.82) is 0 Å². The van der Waals surface area contributed by atoms with E-state index in [9.17, 15) is 17.4 Å². The summed E-state index contributed by atoms with van der Waals surface area (Å²) in [6.45, 7) is 1.31. The van der Waals surface area contributed by atoms with E-state index in [1.54, 1.807) is 23.9 Å². The van der Waals surface area contributed by atoms with Crippen molar-refractivity contribution in [1.82, 2.24) is 14.1 Å². The van der Waals surface area contributed by atoms with E-state index in [0.29, 0.717) is 66.3 Å². The van der Waals surface area contributed by atoms with Gasteiger partial charge >= 0.3 is 0 Å². The number of anilines is 1. The van der Waals surface area contributed by atoms with Crippen LogP contribution in [0.25, 0.3) is 5.69 Å². The average molecular weight is 517 g/mol. The second-order valence-electron chi connectivity index (χ2n) is 8.11. The smallest absolute Gasteiger partial charge is 0.256 e. The SMILES string of the molecule is COc1ccc(-n2nc3c(c2NC(=O)c2ccc(S(=O)(=O)N4CCOCC4)cc2)C[S@@](=O)C3)cc1. The number of carbonyl (C=O) groups excluding carboxylic acids is 1. The van der Waals surface area contributed by atoms with Crippen molar-refractivity contribution in [3.05, 3.63) is 65.4 Å². The number of nitrogens with zero attached hydrogens (tertiary/aromatic N) is 3. The molecule has 0 radical (unpaired) electrons. The molecule has 0 spiro atoms. The molecule has 1 fully saturated rings. The third kappa shape index (κ3) is 4.61. The van der Waals surface area contributed by atoms with Gasteiger partial charge in [-0.15, -0.1) is 0 Å². The third-order valence-corrected chi connectivity index (χ3v) is 9.06. The molecular formula is C23H24N4O6S2. The number of rotatable bonds is 6. The van der Waals surface area contributed by atoms with Gasteiger partial charge in [0.05, 0.1) is 48.1 Å². The molecule has 35 heavy (non-hydrogen) atoms. The summed E-state index contributed by atoms with van der Waals surface area (Å²) < 4.78 is 51.3. The van der Waals surface area contributed by atoms with Crippen molar-refractivity contribution in [2.45, 2.75) is 16.4 Å². The summed E-state index contributed by atoms with van der Waals surface area (Å²) in [5, 5.41) is 7.48. The Balaban J connectivity index is 1.41. The minimum atomic E-state index is -3.65. The lowest BCUT2D eigenvalue weighted by molar-refractivity contribution is 0.0730. The van der Waals surface area contributed by atoms with Crippen molar-refractivity contribution < 1.29 is 26.9 Å². The summed E-state index contributed by atoms with van der Waals surface area (Å²) in [5.41, 5.74) is 2.43. The van der Waals surface area contributed by atoms with Crippen LogP contribution in [0, 0.1) is 0 Å². The van der Waals surface area contributed by atoms with E-state index in [4.69, 9.17) is 9.47 Å². The Bertz CT molecular complexity index is 1380. The first-order valence-electron chi connectivity index (χ1n) is 11.0. The van der Waals surface area contributed by atoms with Gasteiger partial charge in [-0.3, -0.25) is 9.00 Å². The fraction of sp³-hybridized carbons (Fsp3) is 0.304. The summed E-state index contributed by atoms with van der Waals surface area (Å²) >= 11 is 0. The molecule has 3 aromatic rings. The minimum absolute atomic E-state index is 0.121. The summed E-state index contributed by atoms with van der Waals surface area (Å²) in [6.07, 6.45) is 0. The minimum Gasteiger partial charge on any atom is -0.497 e. The topological polar surface area (TPSA) is 120 Å². The number of fused-ring (bicyclic) bond motifs is 1. The van der Waals surface area contributed by atoms with E-state index in [2.05, 4.69) is 10.4 Å². The van der Waals surface area contributed by atoms with Crippen LogP contribution < -0.4 is 10.1 Å². The summed E-state index contributed by atoms with van der Waals surface area (Å²) in [4.78, 5) is 13.2. The lowest BCUT2D eigenvalue weighted by Gasteiger charge is -2.26. The highest BCUT2D eigenvalue weighted by Gasteiger charge is 2.29. The van der Waals surface area contributed by atoms with Gasteiger partial charge in [-0.05, 0) is 48.5 Å². The Morgan fingerprint density at radius 3 is 2.40 bits per heavy atom. The van der Waals surface area contributed by atoms with Crippen LogP contribution in [-0.4, -0.2) is 66.0 Å². The number of morpholine rings is 1. The first kappa shape index (κ1) is 23.7. The Morgan fingerprint density at radius 1 is 1.06 bits per heavy atom. The lowest BCUT2D eigenvalue weighted by Crippen LogP contribution is -2.40. The monoisotopic (exact) mass is 516 g/mol. The molecule has 1 saturated heterocycles. The Morgan fingerprint density at radius 2 is 1.74 bits per heavy atom. The highest BCUT2D eigenvalue weighted by molar-refractivity contribution is 7.89. The Hall–Kier alpha value is -3.06. The molecule has 2 aromatic carbocycles. The van der Waals surface area contributed by atoms with Gasteiger partial charge in [0, 0.05) is 35.0 Å². The molecule has 0 aliphatic carbocycles. The summed E-state index contributed by atoms with van der Waals surface area (Å²) in [7, 11) is -3.15. The normalized spacial score (nSPS) is 18.3. The molecule has 1 N–H and O–H groups in total. The molecule has 0 saturated carbocycles. The average Bonchev–Trinajstić information content (AvgIpc) is 3.41. The zero-order valence-electron chi connectivity index (χ0n) is 19.0. The number of benzene rings is 2. The number of amides is 1. The third-order valence-electron chi connectivity index (χ3n) is 5.94. The van der Waals surface area contributed by atoms with Crippen LogP contribution in [0.5, 0.6) is 5.75 Å². The first-order chi connectivity index (χ1) is 16.9. The van der Waals surface area contributed by atoms with Crippen molar-refractivity contribution in [2.24, 2.45) is 0 Å². The number of hydrogen-bond donors (Lipinski definition) is 1. The zero-order valence-corrected chi connectivity index (χ0v) is 20.6. The Labute approximate surface area is 205 Å². The van der Waals surface area contributed by atoms with Gasteiger partial charge in [-0.1, -0.05) is 0 Å². The first-order valence-corrected chi connectivity index (χ1v) is 13.9. The second-order valence-corrected chi connectivity index (χ2v) is 11.5. The number of sulfonamides is 1. The quantitative estimate of drug-likeness (QED) is 0.532. The van der Waals surface area contributed by atoms with E-state index in [0.717, 1.165) is 5.56 Å². The number of nitrogens with one attached hydrogen (secondary N) is 1. The largest absolute Gasteiger partial charge is 0.497 e. The summed E-state index contributed by atoms with van der Waals surface area (Å²) in [5.74, 6) is 1.35.